The predicted octanol–water partition coefficient (Wildman–Crippen LogP) is 2.61. The van der Waals surface area contributed by atoms with Crippen molar-refractivity contribution in [2.24, 2.45) is 5.92 Å². The molecule has 0 N–H and O–H groups in total. The summed E-state index contributed by atoms with van der Waals surface area (Å²) in [6.07, 6.45) is 1.63. The lowest BCUT2D eigenvalue weighted by molar-refractivity contribution is -0.151. The molecule has 23 heavy (non-hydrogen) atoms. The van der Waals surface area contributed by atoms with Crippen molar-refractivity contribution in [2.45, 2.75) is 25.7 Å². The van der Waals surface area contributed by atoms with Gasteiger partial charge in [-0.05, 0) is 43.0 Å². The number of carbonyl (C=O) groups excluding carboxylic acids is 2. The smallest absolute Gasteiger partial charge is 0.317 e. The molecule has 122 valence electrons. The van der Waals surface area contributed by atoms with Gasteiger partial charge in [0.15, 0.2) is 5.76 Å². The Balaban J connectivity index is 2.01. The highest BCUT2D eigenvalue weighted by Crippen LogP contribution is 2.46. The fourth-order valence-electron chi connectivity index (χ4n) is 3.34. The number of ketones is 1. The topological polar surface area (TPSA) is 61.8 Å². The van der Waals surface area contributed by atoms with E-state index in [9.17, 15) is 9.59 Å². The summed E-state index contributed by atoms with van der Waals surface area (Å²) in [7, 11) is 1.60. The molecular weight excluding hydrogens is 296 g/mol. The average Bonchev–Trinajstić information content (AvgIpc) is 2.88. The molecule has 3 rings (SSSR count). The minimum Gasteiger partial charge on any atom is -0.497 e. The maximum atomic E-state index is 12.7. The lowest BCUT2D eigenvalue weighted by atomic mass is 9.83. The van der Waals surface area contributed by atoms with Crippen molar-refractivity contribution < 1.29 is 23.8 Å². The molecule has 0 amide bonds. The zero-order valence-electron chi connectivity index (χ0n) is 13.3. The van der Waals surface area contributed by atoms with Gasteiger partial charge in [0.05, 0.1) is 20.3 Å². The largest absolute Gasteiger partial charge is 0.497 e. The molecule has 5 nitrogen and oxygen atoms in total. The Morgan fingerprint density at radius 1 is 1.30 bits per heavy atom. The number of Topliss-reactive ketones (excluding diaryl/α,β-unsaturated/α-hetero) is 1. The summed E-state index contributed by atoms with van der Waals surface area (Å²) in [5.41, 5.74) is 1.83. The first-order valence-electron chi connectivity index (χ1n) is 7.88. The van der Waals surface area contributed by atoms with Crippen LogP contribution >= 0.6 is 0 Å². The van der Waals surface area contributed by atoms with E-state index in [-0.39, 0.29) is 18.3 Å². The molecule has 1 aliphatic carbocycles. The number of rotatable bonds is 4. The maximum Gasteiger partial charge on any atom is 0.317 e. The van der Waals surface area contributed by atoms with Gasteiger partial charge in [-0.3, -0.25) is 9.59 Å². The Hall–Kier alpha value is -2.30. The van der Waals surface area contributed by atoms with Crippen molar-refractivity contribution in [3.8, 4) is 5.75 Å². The van der Waals surface area contributed by atoms with Crippen molar-refractivity contribution in [3.05, 3.63) is 41.2 Å². The van der Waals surface area contributed by atoms with Crippen LogP contribution in [0.4, 0.5) is 0 Å². The molecule has 0 bridgehead atoms. The Kier molecular flexibility index (Phi) is 4.37. The summed E-state index contributed by atoms with van der Waals surface area (Å²) in [6.45, 7) is 2.52. The highest BCUT2D eigenvalue weighted by molar-refractivity contribution is 6.11. The predicted molar refractivity (Wildman–Crippen MR) is 83.1 cm³/mol. The molecule has 0 aromatic heterocycles. The molecule has 0 saturated carbocycles. The van der Waals surface area contributed by atoms with Crippen LogP contribution < -0.4 is 4.74 Å². The Morgan fingerprint density at radius 2 is 2.04 bits per heavy atom. The highest BCUT2D eigenvalue weighted by atomic mass is 16.5. The molecule has 2 atom stereocenters. The molecule has 2 unspecified atom stereocenters. The third-order valence-electron chi connectivity index (χ3n) is 4.36. The van der Waals surface area contributed by atoms with Gasteiger partial charge in [-0.15, -0.1) is 0 Å². The summed E-state index contributed by atoms with van der Waals surface area (Å²) in [4.78, 5) is 25.0. The molecule has 1 aromatic rings. The van der Waals surface area contributed by atoms with Crippen LogP contribution in [0.15, 0.2) is 35.6 Å². The average molecular weight is 316 g/mol. The van der Waals surface area contributed by atoms with Gasteiger partial charge in [0.2, 0.25) is 5.78 Å². The number of hydrogen-bond donors (Lipinski definition) is 0. The third kappa shape index (κ3) is 2.71. The first-order chi connectivity index (χ1) is 11.2. The maximum absolute atomic E-state index is 12.7. The first kappa shape index (κ1) is 15.6. The molecular formula is C18H20O5. The number of esters is 1. The van der Waals surface area contributed by atoms with Crippen LogP contribution in [-0.2, 0) is 19.1 Å². The van der Waals surface area contributed by atoms with E-state index in [0.717, 1.165) is 29.7 Å². The number of carbonyl (C=O) groups is 2. The van der Waals surface area contributed by atoms with Crippen LogP contribution in [0.25, 0.3) is 0 Å². The monoisotopic (exact) mass is 316 g/mol. The van der Waals surface area contributed by atoms with Crippen LogP contribution in [0.1, 0.15) is 31.2 Å². The molecule has 0 radical (unpaired) electrons. The number of ether oxygens (including phenoxy) is 3. The van der Waals surface area contributed by atoms with E-state index in [1.165, 1.54) is 0 Å². The van der Waals surface area contributed by atoms with Crippen molar-refractivity contribution in [2.75, 3.05) is 20.3 Å². The Bertz CT molecular complexity index is 644. The first-order valence-corrected chi connectivity index (χ1v) is 7.88. The summed E-state index contributed by atoms with van der Waals surface area (Å²) in [5.74, 6) is -0.764. The molecule has 0 spiro atoms. The summed E-state index contributed by atoms with van der Waals surface area (Å²) >= 11 is 0. The van der Waals surface area contributed by atoms with Gasteiger partial charge in [0.1, 0.15) is 11.7 Å². The Labute approximate surface area is 135 Å². The van der Waals surface area contributed by atoms with Crippen LogP contribution in [0, 0.1) is 5.92 Å². The number of hydrogen-bond acceptors (Lipinski definition) is 5. The van der Waals surface area contributed by atoms with E-state index in [4.69, 9.17) is 14.2 Å². The van der Waals surface area contributed by atoms with Crippen molar-refractivity contribution in [1.82, 2.24) is 0 Å². The molecule has 1 aliphatic heterocycles. The minimum atomic E-state index is -0.841. The van der Waals surface area contributed by atoms with Crippen LogP contribution in [0.3, 0.4) is 0 Å². The summed E-state index contributed by atoms with van der Waals surface area (Å²) < 4.78 is 15.9. The van der Waals surface area contributed by atoms with Crippen molar-refractivity contribution >= 4 is 11.8 Å². The fourth-order valence-corrected chi connectivity index (χ4v) is 3.34. The third-order valence-corrected chi connectivity index (χ3v) is 4.36. The molecule has 1 aromatic carbocycles. The van der Waals surface area contributed by atoms with Crippen LogP contribution in [-0.4, -0.2) is 32.1 Å². The summed E-state index contributed by atoms with van der Waals surface area (Å²) in [5, 5.41) is 0. The van der Waals surface area contributed by atoms with Gasteiger partial charge < -0.3 is 14.2 Å². The summed E-state index contributed by atoms with van der Waals surface area (Å²) in [6, 6.07) is 7.47. The lowest BCUT2D eigenvalue weighted by Crippen LogP contribution is -2.28. The molecule has 1 heterocycles. The van der Waals surface area contributed by atoms with Gasteiger partial charge >= 0.3 is 5.97 Å². The van der Waals surface area contributed by atoms with Crippen LogP contribution in [0.5, 0.6) is 5.75 Å². The fraction of sp³-hybridized carbons (Fsp3) is 0.444. The lowest BCUT2D eigenvalue weighted by Gasteiger charge is -2.22. The van der Waals surface area contributed by atoms with E-state index >= 15 is 0 Å². The van der Waals surface area contributed by atoms with E-state index in [1.807, 2.05) is 24.3 Å². The van der Waals surface area contributed by atoms with Crippen LogP contribution in [0.2, 0.25) is 0 Å². The van der Waals surface area contributed by atoms with E-state index < -0.39 is 11.9 Å². The second-order valence-electron chi connectivity index (χ2n) is 5.65. The number of benzene rings is 1. The van der Waals surface area contributed by atoms with Gasteiger partial charge in [0.25, 0.3) is 0 Å². The van der Waals surface area contributed by atoms with Gasteiger partial charge in [-0.2, -0.15) is 0 Å². The molecule has 0 saturated heterocycles. The van der Waals surface area contributed by atoms with Crippen molar-refractivity contribution in [1.29, 1.82) is 0 Å². The van der Waals surface area contributed by atoms with Gasteiger partial charge in [-0.1, -0.05) is 12.1 Å². The molecule has 5 heteroatoms. The standard InChI is InChI=1S/C18H20O5/c1-3-22-18(20)15-14(11-6-8-12(21-2)9-7-11)13-5-4-10-23-17(13)16(15)19/h6-9,14-15H,3-5,10H2,1-2H3. The van der Waals surface area contributed by atoms with Gasteiger partial charge in [-0.25, -0.2) is 0 Å². The normalized spacial score (nSPS) is 23.3. The zero-order valence-corrected chi connectivity index (χ0v) is 13.3. The Morgan fingerprint density at radius 3 is 2.70 bits per heavy atom. The van der Waals surface area contributed by atoms with E-state index in [0.29, 0.717) is 12.4 Å². The number of allylic oxidation sites excluding steroid dienone is 2. The van der Waals surface area contributed by atoms with Crippen molar-refractivity contribution in [3.63, 3.8) is 0 Å². The minimum absolute atomic E-state index is 0.251. The molecule has 0 fully saturated rings. The highest BCUT2D eigenvalue weighted by Gasteiger charge is 2.49. The quantitative estimate of drug-likeness (QED) is 0.631. The second-order valence-corrected chi connectivity index (χ2v) is 5.65. The SMILES string of the molecule is CCOC(=O)C1C(=O)C2=C(CCCO2)C1c1ccc(OC)cc1. The van der Waals surface area contributed by atoms with E-state index in [1.54, 1.807) is 14.0 Å². The molecule has 2 aliphatic rings. The van der Waals surface area contributed by atoms with Gasteiger partial charge in [0, 0.05) is 5.92 Å². The second kappa shape index (κ2) is 6.44. The van der Waals surface area contributed by atoms with E-state index in [2.05, 4.69) is 0 Å². The zero-order chi connectivity index (χ0) is 16.4. The number of methoxy groups -OCH3 is 1.